The van der Waals surface area contributed by atoms with Gasteiger partial charge >= 0.3 is 0 Å². The highest BCUT2D eigenvalue weighted by atomic mass is 32.2. The zero-order valence-electron chi connectivity index (χ0n) is 14.4. The number of thiazole rings is 1. The summed E-state index contributed by atoms with van der Waals surface area (Å²) in [5, 5.41) is 0.660. The second-order valence-electron chi connectivity index (χ2n) is 5.84. The molecule has 0 spiro atoms. The van der Waals surface area contributed by atoms with Crippen molar-refractivity contribution in [2.45, 2.75) is 31.1 Å². The number of benzene rings is 2. The van der Waals surface area contributed by atoms with Gasteiger partial charge in [-0.2, -0.15) is 0 Å². The first-order valence-electron chi connectivity index (χ1n) is 8.46. The lowest BCUT2D eigenvalue weighted by Gasteiger charge is -2.05. The number of rotatable bonds is 8. The third-order valence-corrected chi connectivity index (χ3v) is 5.71. The fourth-order valence-electron chi connectivity index (χ4n) is 2.40. The summed E-state index contributed by atoms with van der Waals surface area (Å²) >= 11 is 2.87. The molecule has 0 unspecified atom stereocenters. The zero-order chi connectivity index (χ0) is 18.4. The van der Waals surface area contributed by atoms with Crippen molar-refractivity contribution in [2.24, 2.45) is 0 Å². The number of fused-ring (bicyclic) bond motifs is 1. The number of hydrogen-bond acceptors (Lipinski definition) is 5. The first kappa shape index (κ1) is 18.7. The molecule has 3 aromatic rings. The van der Waals surface area contributed by atoms with E-state index in [4.69, 9.17) is 0 Å². The van der Waals surface area contributed by atoms with Crippen LogP contribution in [0.3, 0.4) is 0 Å². The van der Waals surface area contributed by atoms with Crippen molar-refractivity contribution in [1.82, 2.24) is 10.4 Å². The number of aryl methyl sites for hydroxylation is 1. The molecule has 0 aliphatic rings. The van der Waals surface area contributed by atoms with Gasteiger partial charge in [0, 0.05) is 4.90 Å². The molecule has 4 nitrogen and oxygen atoms in total. The summed E-state index contributed by atoms with van der Waals surface area (Å²) in [6.45, 7) is 2.18. The summed E-state index contributed by atoms with van der Waals surface area (Å²) in [4.78, 5) is 17.3. The van der Waals surface area contributed by atoms with Crippen molar-refractivity contribution in [3.63, 3.8) is 0 Å². The van der Waals surface area contributed by atoms with Crippen molar-refractivity contribution in [1.29, 1.82) is 0 Å². The second-order valence-corrected chi connectivity index (χ2v) is 7.92. The Kier molecular flexibility index (Phi) is 6.46. The number of carbonyl (C=O) groups excluding carboxylic acids is 1. The predicted octanol–water partition coefficient (Wildman–Crippen LogP) is 5.01. The third-order valence-electron chi connectivity index (χ3n) is 3.76. The number of thioether (sulfide) groups is 1. The van der Waals surface area contributed by atoms with E-state index in [-0.39, 0.29) is 17.5 Å². The minimum atomic E-state index is -0.283. The van der Waals surface area contributed by atoms with Crippen LogP contribution in [0.15, 0.2) is 47.4 Å². The predicted molar refractivity (Wildman–Crippen MR) is 107 cm³/mol. The maximum atomic E-state index is 12.9. The van der Waals surface area contributed by atoms with Crippen LogP contribution in [0.2, 0.25) is 0 Å². The van der Waals surface area contributed by atoms with E-state index in [2.05, 4.69) is 34.9 Å². The van der Waals surface area contributed by atoms with E-state index in [0.29, 0.717) is 5.13 Å². The summed E-state index contributed by atoms with van der Waals surface area (Å²) in [5.41, 5.74) is 7.77. The van der Waals surface area contributed by atoms with Crippen LogP contribution in [0.4, 0.5) is 9.52 Å². The number of amides is 1. The molecule has 0 radical (unpaired) electrons. The lowest BCUT2D eigenvalue weighted by Crippen LogP contribution is -2.30. The van der Waals surface area contributed by atoms with Gasteiger partial charge in [-0.15, -0.1) is 11.8 Å². The molecule has 2 aromatic carbocycles. The lowest BCUT2D eigenvalue weighted by molar-refractivity contribution is -0.118. The Morgan fingerprint density at radius 3 is 2.81 bits per heavy atom. The first-order valence-corrected chi connectivity index (χ1v) is 10.3. The molecule has 7 heteroatoms. The van der Waals surface area contributed by atoms with E-state index >= 15 is 0 Å². The molecule has 0 aliphatic heterocycles. The number of nitrogens with one attached hydrogen (secondary N) is 2. The molecule has 0 aliphatic carbocycles. The highest BCUT2D eigenvalue weighted by Crippen LogP contribution is 2.27. The standard InChI is InChI=1S/C19H20FN3OS2/c1-2-3-4-13-5-10-16-17(11-13)26-19(21-16)23-22-18(24)12-25-15-8-6-14(20)7-9-15/h5-11H,2-4,12H2,1H3,(H,21,23)(H,22,24). The fourth-order valence-corrected chi connectivity index (χ4v) is 3.98. The van der Waals surface area contributed by atoms with Crippen LogP contribution in [0.1, 0.15) is 25.3 Å². The molecule has 0 saturated carbocycles. The van der Waals surface area contributed by atoms with Crippen molar-refractivity contribution >= 4 is 44.4 Å². The van der Waals surface area contributed by atoms with E-state index in [0.717, 1.165) is 21.5 Å². The Bertz CT molecular complexity index is 880. The molecule has 1 aromatic heterocycles. The van der Waals surface area contributed by atoms with Crippen molar-refractivity contribution in [2.75, 3.05) is 11.2 Å². The number of anilines is 1. The van der Waals surface area contributed by atoms with Gasteiger partial charge in [-0.05, 0) is 54.8 Å². The molecule has 2 N–H and O–H groups in total. The summed E-state index contributed by atoms with van der Waals surface area (Å²) in [5.74, 6) is -0.207. The Labute approximate surface area is 160 Å². The average Bonchev–Trinajstić information content (AvgIpc) is 3.06. The number of carbonyl (C=O) groups is 1. The van der Waals surface area contributed by atoms with E-state index in [1.807, 2.05) is 6.07 Å². The zero-order valence-corrected chi connectivity index (χ0v) is 16.1. The van der Waals surface area contributed by atoms with Crippen LogP contribution in [0.5, 0.6) is 0 Å². The van der Waals surface area contributed by atoms with Crippen molar-refractivity contribution < 1.29 is 9.18 Å². The van der Waals surface area contributed by atoms with Crippen molar-refractivity contribution in [3.8, 4) is 0 Å². The molecule has 1 heterocycles. The van der Waals surface area contributed by atoms with Gasteiger partial charge < -0.3 is 0 Å². The number of hydrazine groups is 1. The fraction of sp³-hybridized carbons (Fsp3) is 0.263. The second kappa shape index (κ2) is 9.00. The third kappa shape index (κ3) is 5.19. The van der Waals surface area contributed by atoms with Gasteiger partial charge in [0.1, 0.15) is 5.82 Å². The van der Waals surface area contributed by atoms with E-state index in [1.165, 1.54) is 53.6 Å². The average molecular weight is 390 g/mol. The van der Waals surface area contributed by atoms with Gasteiger partial charge in [0.15, 0.2) is 0 Å². The van der Waals surface area contributed by atoms with Crippen LogP contribution < -0.4 is 10.9 Å². The lowest BCUT2D eigenvalue weighted by atomic mass is 10.1. The number of nitrogens with zero attached hydrogens (tertiary/aromatic N) is 1. The molecular weight excluding hydrogens is 369 g/mol. The number of unbranched alkanes of at least 4 members (excludes halogenated alkanes) is 1. The summed E-state index contributed by atoms with van der Waals surface area (Å²) in [7, 11) is 0. The Morgan fingerprint density at radius 1 is 1.23 bits per heavy atom. The van der Waals surface area contributed by atoms with Crippen LogP contribution in [-0.4, -0.2) is 16.6 Å². The number of halogens is 1. The quantitative estimate of drug-likeness (QED) is 0.420. The highest BCUT2D eigenvalue weighted by molar-refractivity contribution is 8.00. The minimum Gasteiger partial charge on any atom is -0.273 e. The minimum absolute atomic E-state index is 0.165. The van der Waals surface area contributed by atoms with Gasteiger partial charge in [-0.25, -0.2) is 9.37 Å². The van der Waals surface area contributed by atoms with Gasteiger partial charge in [-0.3, -0.25) is 15.6 Å². The van der Waals surface area contributed by atoms with E-state index in [1.54, 1.807) is 12.1 Å². The molecule has 3 rings (SSSR count). The molecule has 0 atom stereocenters. The molecule has 136 valence electrons. The van der Waals surface area contributed by atoms with Gasteiger partial charge in [0.05, 0.1) is 16.0 Å². The number of hydrogen-bond donors (Lipinski definition) is 2. The van der Waals surface area contributed by atoms with Gasteiger partial charge in [0.25, 0.3) is 0 Å². The maximum Gasteiger partial charge on any atom is 0.248 e. The molecule has 26 heavy (non-hydrogen) atoms. The normalized spacial score (nSPS) is 10.8. The van der Waals surface area contributed by atoms with Gasteiger partial charge in [0.2, 0.25) is 11.0 Å². The van der Waals surface area contributed by atoms with Gasteiger partial charge in [-0.1, -0.05) is 30.7 Å². The largest absolute Gasteiger partial charge is 0.273 e. The van der Waals surface area contributed by atoms with E-state index in [9.17, 15) is 9.18 Å². The number of aromatic nitrogens is 1. The molecule has 0 fully saturated rings. The summed E-state index contributed by atoms with van der Waals surface area (Å²) in [6, 6.07) is 12.4. The monoisotopic (exact) mass is 389 g/mol. The summed E-state index contributed by atoms with van der Waals surface area (Å²) in [6.07, 6.45) is 3.43. The Balaban J connectivity index is 1.51. The SMILES string of the molecule is CCCCc1ccc2nc(NNC(=O)CSc3ccc(F)cc3)sc2c1. The van der Waals surface area contributed by atoms with Crippen LogP contribution in [0.25, 0.3) is 10.2 Å². The van der Waals surface area contributed by atoms with E-state index < -0.39 is 0 Å². The van der Waals surface area contributed by atoms with Crippen LogP contribution in [-0.2, 0) is 11.2 Å². The van der Waals surface area contributed by atoms with Crippen molar-refractivity contribution in [3.05, 3.63) is 53.8 Å². The summed E-state index contributed by atoms with van der Waals surface area (Å²) < 4.78 is 14.0. The smallest absolute Gasteiger partial charge is 0.248 e. The molecule has 0 saturated heterocycles. The molecule has 1 amide bonds. The maximum absolute atomic E-state index is 12.9. The molecular formula is C19H20FN3OS2. The first-order chi connectivity index (χ1) is 12.6. The Morgan fingerprint density at radius 2 is 2.04 bits per heavy atom. The highest BCUT2D eigenvalue weighted by Gasteiger charge is 2.07. The Hall–Kier alpha value is -2.12. The topological polar surface area (TPSA) is 54.0 Å². The van der Waals surface area contributed by atoms with Crippen LogP contribution >= 0.6 is 23.1 Å². The molecule has 0 bridgehead atoms. The van der Waals surface area contributed by atoms with Crippen LogP contribution in [0, 0.1) is 5.82 Å².